The third kappa shape index (κ3) is 15.9. The molecule has 0 N–H and O–H groups in total. The van der Waals surface area contributed by atoms with Crippen molar-refractivity contribution in [2.45, 2.75) is 0 Å². The molecular formula is C138H86O2S4. The van der Waals surface area contributed by atoms with Crippen LogP contribution in [0.2, 0.25) is 0 Å². The molecule has 0 bridgehead atoms. The topological polar surface area (TPSA) is 26.3 Å². The summed E-state index contributed by atoms with van der Waals surface area (Å²) >= 11 is 7.49. The van der Waals surface area contributed by atoms with Gasteiger partial charge in [-0.15, -0.1) is 45.3 Å². The minimum atomic E-state index is 0.912. The number of furan rings is 2. The highest BCUT2D eigenvalue weighted by molar-refractivity contribution is 7.27. The molecule has 6 aromatic heterocycles. The number of fused-ring (bicyclic) bond motifs is 18. The van der Waals surface area contributed by atoms with Gasteiger partial charge in [-0.25, -0.2) is 0 Å². The van der Waals surface area contributed by atoms with E-state index in [1.807, 2.05) is 63.5 Å². The number of para-hydroxylation sites is 2. The van der Waals surface area contributed by atoms with Crippen molar-refractivity contribution in [2.75, 3.05) is 0 Å². The molecule has 2 nitrogen and oxygen atoms in total. The summed E-state index contributed by atoms with van der Waals surface area (Å²) < 4.78 is 23.4. The van der Waals surface area contributed by atoms with E-state index in [0.717, 1.165) is 49.6 Å². The van der Waals surface area contributed by atoms with Crippen LogP contribution in [0.3, 0.4) is 0 Å². The Balaban J connectivity index is 0.000000108. The normalized spacial score (nSPS) is 11.6. The van der Waals surface area contributed by atoms with Crippen molar-refractivity contribution in [2.24, 2.45) is 0 Å². The van der Waals surface area contributed by atoms with E-state index in [1.165, 1.54) is 231 Å². The van der Waals surface area contributed by atoms with Crippen LogP contribution in [0, 0.1) is 0 Å². The average Bonchev–Trinajstić information content (AvgIpc) is 1.59. The fourth-order valence-corrected chi connectivity index (χ4v) is 26.0. The van der Waals surface area contributed by atoms with E-state index < -0.39 is 0 Å². The molecule has 0 unspecified atom stereocenters. The van der Waals surface area contributed by atoms with Crippen LogP contribution in [0.4, 0.5) is 0 Å². The fraction of sp³-hybridized carbons (Fsp3) is 0. The lowest BCUT2D eigenvalue weighted by molar-refractivity contribution is 0.668. The zero-order valence-electron chi connectivity index (χ0n) is 78.1. The molecule has 0 saturated carbocycles. The first-order valence-corrected chi connectivity index (χ1v) is 52.2. The summed E-state index contributed by atoms with van der Waals surface area (Å²) in [6, 6.07) is 189. The molecular weight excluding hydrogens is 1820 g/mol. The molecule has 29 rings (SSSR count). The minimum absolute atomic E-state index is 0.912. The van der Waals surface area contributed by atoms with Crippen molar-refractivity contribution in [3.8, 4) is 156 Å². The van der Waals surface area contributed by atoms with Gasteiger partial charge in [0.1, 0.15) is 22.3 Å². The van der Waals surface area contributed by atoms with Crippen molar-refractivity contribution < 1.29 is 8.83 Å². The van der Waals surface area contributed by atoms with E-state index >= 15 is 0 Å². The first-order valence-electron chi connectivity index (χ1n) is 48.9. The number of rotatable bonds is 14. The van der Waals surface area contributed by atoms with Gasteiger partial charge in [-0.3, -0.25) is 0 Å². The summed E-state index contributed by atoms with van der Waals surface area (Å²) in [5.41, 5.74) is 37.7. The Morgan fingerprint density at radius 1 is 0.104 bits per heavy atom. The second-order valence-corrected chi connectivity index (χ2v) is 41.4. The van der Waals surface area contributed by atoms with Gasteiger partial charge >= 0.3 is 0 Å². The molecule has 6 heteroatoms. The van der Waals surface area contributed by atoms with Crippen LogP contribution < -0.4 is 0 Å². The molecule has 29 aromatic rings. The molecule has 0 aliphatic heterocycles. The van der Waals surface area contributed by atoms with E-state index in [9.17, 15) is 0 Å². The maximum atomic E-state index is 6.46. The first-order chi connectivity index (χ1) is 71.3. The second-order valence-electron chi connectivity index (χ2n) is 37.1. The Bertz CT molecular complexity index is 9980. The van der Waals surface area contributed by atoms with Gasteiger partial charge in [0.05, 0.1) is 0 Å². The van der Waals surface area contributed by atoms with E-state index in [0.29, 0.717) is 0 Å². The van der Waals surface area contributed by atoms with Crippen LogP contribution in [0.25, 0.3) is 280 Å². The SMILES string of the molecule is c1ccc(-c2ccc(-c3cc(-c4cc(-c5ccc6c(c5)oc5ccccc56)c5c(c4)sc4ccccc45)ccc3-c3ccccc3)cc2)cc1.c1ccc(-c2ccc(-c3ccc(-c4cc(-c5ccc6c(c5)sc5ccccc56)c5c(c4)sc4ccccc45)cc3)c(-c3ccccc3)c2)cc1.c1ccc(-c2cccc(-c3ccc(-c4cc(-c5ccc6c(c5)sc5ccccc56)c5c(c4)oc4ccccc45)cc3)c2)cc1. The highest BCUT2D eigenvalue weighted by Crippen LogP contribution is 2.51. The summed E-state index contributed by atoms with van der Waals surface area (Å²) in [5.74, 6) is 0. The largest absolute Gasteiger partial charge is 0.456 e. The lowest BCUT2D eigenvalue weighted by atomic mass is 9.89. The Labute approximate surface area is 849 Å². The summed E-state index contributed by atoms with van der Waals surface area (Å²) in [6.07, 6.45) is 0. The summed E-state index contributed by atoms with van der Waals surface area (Å²) in [7, 11) is 0. The monoisotopic (exact) mass is 1900 g/mol. The van der Waals surface area contributed by atoms with Crippen LogP contribution >= 0.6 is 45.3 Å². The van der Waals surface area contributed by atoms with Gasteiger partial charge in [-0.2, -0.15) is 0 Å². The first kappa shape index (κ1) is 85.7. The lowest BCUT2D eigenvalue weighted by Gasteiger charge is -2.15. The summed E-state index contributed by atoms with van der Waals surface area (Å²) in [4.78, 5) is 0. The third-order valence-corrected chi connectivity index (χ3v) is 33.0. The lowest BCUT2D eigenvalue weighted by Crippen LogP contribution is -1.89. The zero-order chi connectivity index (χ0) is 95.1. The second kappa shape index (κ2) is 36.6. The Kier molecular flexibility index (Phi) is 21.8. The van der Waals surface area contributed by atoms with Gasteiger partial charge in [-0.1, -0.05) is 406 Å². The smallest absolute Gasteiger partial charge is 0.136 e. The number of benzene rings is 23. The summed E-state index contributed by atoms with van der Waals surface area (Å²) in [6.45, 7) is 0. The van der Waals surface area contributed by atoms with Gasteiger partial charge in [0.15, 0.2) is 0 Å². The molecule has 0 amide bonds. The predicted molar refractivity (Wildman–Crippen MR) is 622 cm³/mol. The van der Waals surface area contributed by atoms with Crippen molar-refractivity contribution in [1.29, 1.82) is 0 Å². The third-order valence-electron chi connectivity index (χ3n) is 28.5. The molecule has 144 heavy (non-hydrogen) atoms. The number of hydrogen-bond donors (Lipinski definition) is 0. The molecule has 23 aromatic carbocycles. The standard InChI is InChI=1S/C48H30OS.C48H30S2.C42H26OS/c1-3-11-31(12-4-1)32-19-21-34(22-20-32)42-27-35(23-25-38(42)33-13-5-2-6-14-33)37-28-43(48-41-16-8-10-18-46(41)50-47(48)30-37)36-24-26-40-39-15-7-9-17-44(39)49-45(40)29-36;1-3-11-31(12-4-1)35-23-25-38(42(27-35)33-13-5-2-6-14-33)34-21-19-32(20-22-34)37-28-43(48-41-16-8-10-18-45(41)50-47(48)30-37)36-24-26-40-39-15-7-9-17-44(39)49-46(40)29-36;1-2-9-27(10-3-1)30-11-8-12-31(23-30)28-17-19-29(20-18-28)33-24-37(42-36-14-4-6-15-38(36)43-39(42)25-33)32-21-22-35-34-13-5-7-16-40(34)44-41(35)26-32/h2*1-30H;1-26H. The van der Waals surface area contributed by atoms with Crippen LogP contribution in [0.5, 0.6) is 0 Å². The fourth-order valence-electron chi connectivity index (χ4n) is 21.4. The predicted octanol–water partition coefficient (Wildman–Crippen LogP) is 41.7. The van der Waals surface area contributed by atoms with Gasteiger partial charge < -0.3 is 8.83 Å². The van der Waals surface area contributed by atoms with Gasteiger partial charge in [0, 0.05) is 102 Å². The molecule has 0 atom stereocenters. The molecule has 0 spiro atoms. The van der Waals surface area contributed by atoms with Crippen molar-refractivity contribution in [1.82, 2.24) is 0 Å². The average molecular weight is 1900 g/mol. The van der Waals surface area contributed by atoms with E-state index in [4.69, 9.17) is 8.83 Å². The molecule has 0 fully saturated rings. The number of thiophene rings is 4. The maximum Gasteiger partial charge on any atom is 0.136 e. The van der Waals surface area contributed by atoms with Crippen LogP contribution in [-0.2, 0) is 0 Å². The molecule has 6 heterocycles. The molecule has 0 radical (unpaired) electrons. The van der Waals surface area contributed by atoms with Gasteiger partial charge in [-0.05, 0) is 271 Å². The molecule has 0 aliphatic rings. The van der Waals surface area contributed by atoms with Crippen LogP contribution in [0.15, 0.2) is 531 Å². The van der Waals surface area contributed by atoms with Gasteiger partial charge in [0.25, 0.3) is 0 Å². The highest BCUT2D eigenvalue weighted by atomic mass is 32.1. The van der Waals surface area contributed by atoms with E-state index in [1.54, 1.807) is 0 Å². The Hall–Kier alpha value is -17.5. The quantitative estimate of drug-likeness (QED) is 0.108. The van der Waals surface area contributed by atoms with Crippen molar-refractivity contribution >= 4 is 170 Å². The van der Waals surface area contributed by atoms with E-state index in [2.05, 4.69) is 504 Å². The molecule has 0 aliphatic carbocycles. The van der Waals surface area contributed by atoms with Crippen molar-refractivity contribution in [3.63, 3.8) is 0 Å². The molecule has 674 valence electrons. The Morgan fingerprint density at radius 3 is 0.840 bits per heavy atom. The number of hydrogen-bond acceptors (Lipinski definition) is 6. The van der Waals surface area contributed by atoms with Crippen LogP contribution in [0.1, 0.15) is 0 Å². The molecule has 0 saturated heterocycles. The minimum Gasteiger partial charge on any atom is -0.456 e. The van der Waals surface area contributed by atoms with Gasteiger partial charge in [0.2, 0.25) is 0 Å². The Morgan fingerprint density at radius 2 is 0.354 bits per heavy atom. The zero-order valence-corrected chi connectivity index (χ0v) is 81.4. The van der Waals surface area contributed by atoms with Crippen LogP contribution in [-0.4, -0.2) is 0 Å². The summed E-state index contributed by atoms with van der Waals surface area (Å²) in [5, 5.41) is 15.2. The van der Waals surface area contributed by atoms with E-state index in [-0.39, 0.29) is 0 Å². The maximum absolute atomic E-state index is 6.46. The highest BCUT2D eigenvalue weighted by Gasteiger charge is 2.24. The van der Waals surface area contributed by atoms with Crippen molar-refractivity contribution in [3.05, 3.63) is 522 Å².